The molecule has 0 aliphatic carbocycles. The highest BCUT2D eigenvalue weighted by molar-refractivity contribution is 6.33. The van der Waals surface area contributed by atoms with Crippen LogP contribution in [0.15, 0.2) is 42.5 Å². The largest absolute Gasteiger partial charge is 0.573 e. The normalized spacial score (nSPS) is 11.3. The Morgan fingerprint density at radius 1 is 1.14 bits per heavy atom. The first kappa shape index (κ1) is 16.2. The van der Waals surface area contributed by atoms with Crippen LogP contribution in [0.3, 0.4) is 0 Å². The van der Waals surface area contributed by atoms with E-state index in [9.17, 15) is 18.0 Å². The van der Waals surface area contributed by atoms with Gasteiger partial charge in [-0.3, -0.25) is 4.79 Å². The van der Waals surface area contributed by atoms with E-state index in [2.05, 4.69) is 4.74 Å². The van der Waals surface area contributed by atoms with E-state index in [1.807, 2.05) is 0 Å². The van der Waals surface area contributed by atoms with Crippen molar-refractivity contribution in [3.63, 3.8) is 0 Å². The number of carbonyl (C=O) groups is 1. The summed E-state index contributed by atoms with van der Waals surface area (Å²) < 4.78 is 41.4. The first-order valence-electron chi connectivity index (χ1n) is 6.11. The Morgan fingerprint density at radius 3 is 2.45 bits per heavy atom. The van der Waals surface area contributed by atoms with Crippen molar-refractivity contribution in [2.75, 3.05) is 0 Å². The number of hydrogen-bond donors (Lipinski definition) is 1. The summed E-state index contributed by atoms with van der Waals surface area (Å²) in [6.45, 7) is 0. The zero-order valence-electron chi connectivity index (χ0n) is 11.0. The molecule has 0 spiro atoms. The molecular weight excluding hydrogens is 321 g/mol. The van der Waals surface area contributed by atoms with Gasteiger partial charge in [-0.1, -0.05) is 35.9 Å². The van der Waals surface area contributed by atoms with Gasteiger partial charge in [0.15, 0.2) is 0 Å². The van der Waals surface area contributed by atoms with Gasteiger partial charge in [0, 0.05) is 16.1 Å². The van der Waals surface area contributed by atoms with Gasteiger partial charge >= 0.3 is 12.3 Å². The molecule has 0 fully saturated rings. The summed E-state index contributed by atoms with van der Waals surface area (Å²) in [5, 5.41) is 9.00. The predicted octanol–water partition coefficient (Wildman–Crippen LogP) is 4.53. The van der Waals surface area contributed by atoms with Crippen molar-refractivity contribution >= 4 is 17.6 Å². The number of benzene rings is 2. The molecule has 0 unspecified atom stereocenters. The van der Waals surface area contributed by atoms with Crippen LogP contribution in [0, 0.1) is 0 Å². The van der Waals surface area contributed by atoms with Gasteiger partial charge in [0.1, 0.15) is 5.75 Å². The van der Waals surface area contributed by atoms with Gasteiger partial charge in [-0.05, 0) is 23.8 Å². The van der Waals surface area contributed by atoms with Gasteiger partial charge in [0.25, 0.3) is 0 Å². The molecule has 3 nitrogen and oxygen atoms in total. The zero-order valence-corrected chi connectivity index (χ0v) is 11.8. The van der Waals surface area contributed by atoms with Crippen LogP contribution in [-0.4, -0.2) is 17.4 Å². The van der Waals surface area contributed by atoms with Crippen molar-refractivity contribution in [2.24, 2.45) is 0 Å². The Kier molecular flexibility index (Phi) is 4.61. The number of hydrogen-bond acceptors (Lipinski definition) is 2. The monoisotopic (exact) mass is 330 g/mol. The van der Waals surface area contributed by atoms with E-state index in [4.69, 9.17) is 16.7 Å². The van der Waals surface area contributed by atoms with E-state index in [1.165, 1.54) is 36.4 Å². The van der Waals surface area contributed by atoms with Gasteiger partial charge < -0.3 is 9.84 Å². The van der Waals surface area contributed by atoms with Crippen LogP contribution < -0.4 is 4.74 Å². The molecule has 0 saturated heterocycles. The molecule has 0 amide bonds. The molecule has 0 radical (unpaired) electrons. The number of carboxylic acids is 1. The van der Waals surface area contributed by atoms with Crippen molar-refractivity contribution in [3.8, 4) is 16.9 Å². The molecule has 7 heteroatoms. The summed E-state index contributed by atoms with van der Waals surface area (Å²) in [5.41, 5.74) is 0.839. The molecule has 2 aromatic carbocycles. The highest BCUT2D eigenvalue weighted by atomic mass is 35.5. The van der Waals surface area contributed by atoms with Crippen LogP contribution in [0.25, 0.3) is 11.1 Å². The Morgan fingerprint density at radius 2 is 1.82 bits per heavy atom. The second kappa shape index (κ2) is 6.27. The average Bonchev–Trinajstić information content (AvgIpc) is 2.39. The zero-order chi connectivity index (χ0) is 16.3. The third-order valence-electron chi connectivity index (χ3n) is 2.79. The fourth-order valence-corrected chi connectivity index (χ4v) is 2.19. The van der Waals surface area contributed by atoms with Crippen LogP contribution in [0.2, 0.25) is 5.02 Å². The molecule has 116 valence electrons. The first-order chi connectivity index (χ1) is 10.3. The quantitative estimate of drug-likeness (QED) is 0.895. The third-order valence-corrected chi connectivity index (χ3v) is 3.12. The number of rotatable bonds is 4. The van der Waals surface area contributed by atoms with Crippen LogP contribution in [0.1, 0.15) is 5.56 Å². The summed E-state index contributed by atoms with van der Waals surface area (Å²) in [5.74, 6) is -1.45. The molecule has 0 aliphatic heterocycles. The fraction of sp³-hybridized carbons (Fsp3) is 0.133. The molecule has 2 aromatic rings. The maximum Gasteiger partial charge on any atom is 0.573 e. The molecule has 1 N–H and O–H groups in total. The van der Waals surface area contributed by atoms with Gasteiger partial charge in [-0.25, -0.2) is 0 Å². The predicted molar refractivity (Wildman–Crippen MR) is 74.9 cm³/mol. The topological polar surface area (TPSA) is 46.5 Å². The smallest absolute Gasteiger partial charge is 0.481 e. The summed E-state index contributed by atoms with van der Waals surface area (Å²) in [6, 6.07) is 9.93. The summed E-state index contributed by atoms with van der Waals surface area (Å²) in [6.07, 6.45) is -5.09. The van der Waals surface area contributed by atoms with E-state index in [0.717, 1.165) is 0 Å². The highest BCUT2D eigenvalue weighted by Crippen LogP contribution is 2.37. The number of aliphatic carboxylic acids is 1. The van der Waals surface area contributed by atoms with Gasteiger partial charge in [0.05, 0.1) is 6.42 Å². The molecule has 0 atom stereocenters. The lowest BCUT2D eigenvalue weighted by Gasteiger charge is -2.14. The number of ether oxygens (including phenoxy) is 1. The van der Waals surface area contributed by atoms with Crippen molar-refractivity contribution in [3.05, 3.63) is 53.1 Å². The van der Waals surface area contributed by atoms with Crippen molar-refractivity contribution in [1.82, 2.24) is 0 Å². The molecule has 2 rings (SSSR count). The number of alkyl halides is 3. The van der Waals surface area contributed by atoms with Crippen LogP contribution in [-0.2, 0) is 11.2 Å². The summed E-state index contributed by atoms with van der Waals surface area (Å²) in [4.78, 5) is 10.7. The van der Waals surface area contributed by atoms with E-state index in [-0.39, 0.29) is 22.6 Å². The molecular formula is C15H10ClF3O3. The molecule has 0 heterocycles. The van der Waals surface area contributed by atoms with Crippen LogP contribution in [0.5, 0.6) is 5.75 Å². The van der Waals surface area contributed by atoms with Gasteiger partial charge in [-0.2, -0.15) is 0 Å². The second-order valence-electron chi connectivity index (χ2n) is 4.43. The summed E-state index contributed by atoms with van der Waals surface area (Å²) >= 11 is 6.03. The van der Waals surface area contributed by atoms with E-state index < -0.39 is 18.1 Å². The van der Waals surface area contributed by atoms with E-state index >= 15 is 0 Å². The lowest BCUT2D eigenvalue weighted by atomic mass is 10.0. The number of halogens is 4. The Labute approximate surface area is 128 Å². The standard InChI is InChI=1S/C15H10ClF3O3/c16-12-6-5-9(8-14(20)21)7-11(12)10-3-1-2-4-13(10)22-15(17,18)19/h1-7H,8H2,(H,20,21). The lowest BCUT2D eigenvalue weighted by molar-refractivity contribution is -0.274. The maximum atomic E-state index is 12.5. The first-order valence-corrected chi connectivity index (χ1v) is 6.49. The molecule has 0 saturated carbocycles. The van der Waals surface area contributed by atoms with E-state index in [1.54, 1.807) is 6.07 Å². The van der Waals surface area contributed by atoms with Gasteiger partial charge in [0.2, 0.25) is 0 Å². The van der Waals surface area contributed by atoms with Crippen molar-refractivity contribution in [1.29, 1.82) is 0 Å². The third kappa shape index (κ3) is 4.14. The highest BCUT2D eigenvalue weighted by Gasteiger charge is 2.32. The Bertz CT molecular complexity index is 699. The maximum absolute atomic E-state index is 12.5. The molecule has 0 aromatic heterocycles. The Balaban J connectivity index is 2.49. The van der Waals surface area contributed by atoms with E-state index in [0.29, 0.717) is 5.56 Å². The minimum Gasteiger partial charge on any atom is -0.481 e. The van der Waals surface area contributed by atoms with Gasteiger partial charge in [-0.15, -0.1) is 13.2 Å². The molecule has 22 heavy (non-hydrogen) atoms. The minimum atomic E-state index is -4.83. The number of para-hydroxylation sites is 1. The average molecular weight is 331 g/mol. The second-order valence-corrected chi connectivity index (χ2v) is 4.84. The Hall–Kier alpha value is -2.21. The minimum absolute atomic E-state index is 0.136. The SMILES string of the molecule is O=C(O)Cc1ccc(Cl)c(-c2ccccc2OC(F)(F)F)c1. The van der Waals surface area contributed by atoms with Crippen LogP contribution in [0.4, 0.5) is 13.2 Å². The van der Waals surface area contributed by atoms with Crippen molar-refractivity contribution in [2.45, 2.75) is 12.8 Å². The summed E-state index contributed by atoms with van der Waals surface area (Å²) in [7, 11) is 0. The molecule has 0 aliphatic rings. The number of carboxylic acid groups (broad SMARTS) is 1. The van der Waals surface area contributed by atoms with Crippen molar-refractivity contribution < 1.29 is 27.8 Å². The fourth-order valence-electron chi connectivity index (χ4n) is 1.97. The lowest BCUT2D eigenvalue weighted by Crippen LogP contribution is -2.17. The van der Waals surface area contributed by atoms with Crippen LogP contribution >= 0.6 is 11.6 Å². The molecule has 0 bridgehead atoms.